The van der Waals surface area contributed by atoms with Crippen LogP contribution in [0.25, 0.3) is 11.1 Å². The summed E-state index contributed by atoms with van der Waals surface area (Å²) >= 11 is 0. The molecule has 5 rings (SSSR count). The van der Waals surface area contributed by atoms with Crippen molar-refractivity contribution in [3.8, 4) is 11.1 Å². The Morgan fingerprint density at radius 1 is 1.00 bits per heavy atom. The second-order valence-corrected chi connectivity index (χ2v) is 7.65. The van der Waals surface area contributed by atoms with Gasteiger partial charge in [-0.25, -0.2) is 9.97 Å². The quantitative estimate of drug-likeness (QED) is 0.759. The summed E-state index contributed by atoms with van der Waals surface area (Å²) in [5.74, 6) is 0.538. The minimum absolute atomic E-state index is 0.538. The van der Waals surface area contributed by atoms with E-state index in [2.05, 4.69) is 68.7 Å². The second kappa shape index (κ2) is 7.12. The number of hydrogen-bond donors (Lipinski definition) is 1. The molecule has 3 heterocycles. The molecule has 0 bridgehead atoms. The summed E-state index contributed by atoms with van der Waals surface area (Å²) in [7, 11) is 0. The molecular formula is C23H24N4. The number of benzene rings is 2. The second-order valence-electron chi connectivity index (χ2n) is 7.65. The Labute approximate surface area is 160 Å². The molecule has 0 amide bonds. The topological polar surface area (TPSA) is 41.0 Å². The Hall–Kier alpha value is -2.72. The molecule has 136 valence electrons. The highest BCUT2D eigenvalue weighted by molar-refractivity contribution is 5.70. The number of hydrogen-bond acceptors (Lipinski definition) is 4. The normalized spacial score (nSPS) is 21.8. The Kier molecular flexibility index (Phi) is 4.34. The zero-order valence-electron chi connectivity index (χ0n) is 15.4. The largest absolute Gasteiger partial charge is 0.381 e. The zero-order chi connectivity index (χ0) is 18.1. The Balaban J connectivity index is 1.42. The van der Waals surface area contributed by atoms with Crippen LogP contribution < -0.4 is 5.32 Å². The molecule has 2 atom stereocenters. The molecule has 0 radical (unpaired) electrons. The fraction of sp³-hybridized carbons (Fsp3) is 0.304. The van der Waals surface area contributed by atoms with Gasteiger partial charge in [-0.1, -0.05) is 36.4 Å². The summed E-state index contributed by atoms with van der Waals surface area (Å²) in [6.07, 6.45) is 7.84. The van der Waals surface area contributed by atoms with Gasteiger partial charge in [0.15, 0.2) is 0 Å². The van der Waals surface area contributed by atoms with E-state index in [-0.39, 0.29) is 0 Å². The molecule has 2 aliphatic heterocycles. The van der Waals surface area contributed by atoms with E-state index in [1.165, 1.54) is 41.8 Å². The highest BCUT2D eigenvalue weighted by atomic mass is 15.1. The molecule has 4 heteroatoms. The predicted molar refractivity (Wildman–Crippen MR) is 109 cm³/mol. The van der Waals surface area contributed by atoms with Crippen LogP contribution in [0.2, 0.25) is 0 Å². The van der Waals surface area contributed by atoms with Gasteiger partial charge in [-0.15, -0.1) is 0 Å². The number of anilines is 1. The molecule has 0 saturated carbocycles. The van der Waals surface area contributed by atoms with Crippen molar-refractivity contribution in [1.29, 1.82) is 0 Å². The van der Waals surface area contributed by atoms with E-state index >= 15 is 0 Å². The third-order valence-corrected chi connectivity index (χ3v) is 5.86. The molecule has 1 fully saturated rings. The summed E-state index contributed by atoms with van der Waals surface area (Å²) in [6.45, 7) is 3.31. The third kappa shape index (κ3) is 3.33. The minimum Gasteiger partial charge on any atom is -0.381 e. The molecular weight excluding hydrogens is 332 g/mol. The number of aromatic nitrogens is 2. The first-order valence-corrected chi connectivity index (χ1v) is 9.79. The Bertz CT molecular complexity index is 910. The van der Waals surface area contributed by atoms with E-state index in [0.717, 1.165) is 18.7 Å². The number of likely N-dealkylation sites (tertiary alicyclic amines) is 1. The van der Waals surface area contributed by atoms with E-state index in [9.17, 15) is 0 Å². The Morgan fingerprint density at radius 3 is 2.70 bits per heavy atom. The van der Waals surface area contributed by atoms with Gasteiger partial charge in [0.2, 0.25) is 0 Å². The van der Waals surface area contributed by atoms with Gasteiger partial charge in [-0.2, -0.15) is 0 Å². The van der Waals surface area contributed by atoms with Gasteiger partial charge in [0.25, 0.3) is 0 Å². The van der Waals surface area contributed by atoms with Crippen molar-refractivity contribution in [2.45, 2.75) is 31.3 Å². The van der Waals surface area contributed by atoms with E-state index in [1.807, 2.05) is 12.4 Å². The maximum atomic E-state index is 4.18. The maximum Gasteiger partial charge on any atom is 0.115 e. The highest BCUT2D eigenvalue weighted by Gasteiger charge is 2.35. The fourth-order valence-electron chi connectivity index (χ4n) is 4.53. The van der Waals surface area contributed by atoms with Crippen molar-refractivity contribution in [3.63, 3.8) is 0 Å². The maximum absolute atomic E-state index is 4.18. The van der Waals surface area contributed by atoms with Crippen LogP contribution in [0.3, 0.4) is 0 Å². The minimum atomic E-state index is 0.538. The highest BCUT2D eigenvalue weighted by Crippen LogP contribution is 2.41. The van der Waals surface area contributed by atoms with Gasteiger partial charge in [0.1, 0.15) is 6.33 Å². The number of nitrogens with one attached hydrogen (secondary N) is 1. The molecule has 1 N–H and O–H groups in total. The van der Waals surface area contributed by atoms with Crippen molar-refractivity contribution in [3.05, 3.63) is 78.4 Å². The van der Waals surface area contributed by atoms with Gasteiger partial charge in [0, 0.05) is 48.7 Å². The first-order chi connectivity index (χ1) is 13.4. The van der Waals surface area contributed by atoms with Crippen LogP contribution in [-0.2, 0) is 6.54 Å². The lowest BCUT2D eigenvalue weighted by molar-refractivity contribution is 0.264. The van der Waals surface area contributed by atoms with Crippen LogP contribution in [0.4, 0.5) is 5.69 Å². The summed E-state index contributed by atoms with van der Waals surface area (Å²) in [6, 6.07) is 18.1. The predicted octanol–water partition coefficient (Wildman–Crippen LogP) is 4.32. The average Bonchev–Trinajstić information content (AvgIpc) is 2.93. The molecule has 27 heavy (non-hydrogen) atoms. The van der Waals surface area contributed by atoms with Gasteiger partial charge < -0.3 is 5.32 Å². The monoisotopic (exact) mass is 356 g/mol. The van der Waals surface area contributed by atoms with Crippen molar-refractivity contribution >= 4 is 5.69 Å². The van der Waals surface area contributed by atoms with E-state index in [4.69, 9.17) is 0 Å². The summed E-state index contributed by atoms with van der Waals surface area (Å²) in [5, 5.41) is 3.78. The van der Waals surface area contributed by atoms with E-state index < -0.39 is 0 Å². The van der Waals surface area contributed by atoms with Gasteiger partial charge >= 0.3 is 0 Å². The molecule has 0 unspecified atom stereocenters. The summed E-state index contributed by atoms with van der Waals surface area (Å²) in [4.78, 5) is 11.0. The van der Waals surface area contributed by atoms with Crippen LogP contribution >= 0.6 is 0 Å². The SMILES string of the molecule is c1ccc(CN2CCC[C@H]3Nc4ccc(-c5cncnc5)cc4[C@@H]3C2)cc1. The standard InChI is InChI=1S/C23H24N4/c1-2-5-17(6-3-1)14-27-10-4-7-22-21(15-27)20-11-18(8-9-23(20)26-22)19-12-24-16-25-13-19/h1-3,5-6,8-9,11-13,16,21-22,26H,4,7,10,14-15H2/t21-,22+/m0/s1. The molecule has 1 saturated heterocycles. The van der Waals surface area contributed by atoms with Crippen molar-refractivity contribution < 1.29 is 0 Å². The lowest BCUT2D eigenvalue weighted by Crippen LogP contribution is -2.29. The van der Waals surface area contributed by atoms with Crippen molar-refractivity contribution in [2.24, 2.45) is 0 Å². The molecule has 2 aromatic carbocycles. The first kappa shape index (κ1) is 16.5. The van der Waals surface area contributed by atoms with Crippen molar-refractivity contribution in [2.75, 3.05) is 18.4 Å². The summed E-state index contributed by atoms with van der Waals surface area (Å²) in [5.41, 5.74) is 6.43. The molecule has 2 aliphatic rings. The van der Waals surface area contributed by atoms with Crippen molar-refractivity contribution in [1.82, 2.24) is 14.9 Å². The van der Waals surface area contributed by atoms with E-state index in [0.29, 0.717) is 12.0 Å². The van der Waals surface area contributed by atoms with Gasteiger partial charge in [-0.3, -0.25) is 4.90 Å². The molecule has 1 aromatic heterocycles. The number of rotatable bonds is 3. The average molecular weight is 356 g/mol. The molecule has 4 nitrogen and oxygen atoms in total. The van der Waals surface area contributed by atoms with E-state index in [1.54, 1.807) is 6.33 Å². The summed E-state index contributed by atoms with van der Waals surface area (Å²) < 4.78 is 0. The Morgan fingerprint density at radius 2 is 1.85 bits per heavy atom. The number of nitrogens with zero attached hydrogens (tertiary/aromatic N) is 3. The van der Waals surface area contributed by atoms with Crippen LogP contribution in [0.15, 0.2) is 67.3 Å². The lowest BCUT2D eigenvalue weighted by Gasteiger charge is -2.24. The third-order valence-electron chi connectivity index (χ3n) is 5.86. The molecule has 0 aliphatic carbocycles. The van der Waals surface area contributed by atoms with Crippen LogP contribution in [0.1, 0.15) is 29.9 Å². The van der Waals surface area contributed by atoms with Crippen LogP contribution in [0, 0.1) is 0 Å². The van der Waals surface area contributed by atoms with Gasteiger partial charge in [-0.05, 0) is 48.2 Å². The first-order valence-electron chi connectivity index (χ1n) is 9.79. The molecule has 3 aromatic rings. The van der Waals surface area contributed by atoms with Crippen LogP contribution in [-0.4, -0.2) is 34.0 Å². The molecule has 0 spiro atoms. The van der Waals surface area contributed by atoms with Gasteiger partial charge in [0.05, 0.1) is 0 Å². The fourth-order valence-corrected chi connectivity index (χ4v) is 4.53. The lowest BCUT2D eigenvalue weighted by atomic mass is 9.91. The zero-order valence-corrected chi connectivity index (χ0v) is 15.4. The van der Waals surface area contributed by atoms with Crippen LogP contribution in [0.5, 0.6) is 0 Å². The number of fused-ring (bicyclic) bond motifs is 3. The smallest absolute Gasteiger partial charge is 0.115 e.